The van der Waals surface area contributed by atoms with Gasteiger partial charge in [-0.25, -0.2) is 0 Å². The number of carbonyl (C=O) groups is 2. The molecule has 0 spiro atoms. The summed E-state index contributed by atoms with van der Waals surface area (Å²) >= 11 is 0. The molecule has 0 saturated carbocycles. The first kappa shape index (κ1) is 7.90. The van der Waals surface area contributed by atoms with Gasteiger partial charge in [-0.2, -0.15) is 0 Å². The van der Waals surface area contributed by atoms with Crippen LogP contribution in [0.1, 0.15) is 0 Å². The summed E-state index contributed by atoms with van der Waals surface area (Å²) in [5, 5.41) is 2.42. The van der Waals surface area contributed by atoms with Crippen LogP contribution < -0.4 is 5.32 Å². The normalized spacial score (nSPS) is 22.6. The second kappa shape index (κ2) is 2.96. The zero-order chi connectivity index (χ0) is 9.26. The van der Waals surface area contributed by atoms with Crippen LogP contribution in [0, 0.1) is 0 Å². The fraction of sp³-hybridized carbons (Fsp3) is 0.429. The first-order valence-corrected chi connectivity index (χ1v) is 3.84. The smallest absolute Gasteiger partial charge is 0.329 e. The number of piperazine rings is 1. The van der Waals surface area contributed by atoms with E-state index in [9.17, 15) is 9.59 Å². The third-order valence-electron chi connectivity index (χ3n) is 1.79. The van der Waals surface area contributed by atoms with Crippen molar-refractivity contribution in [3.8, 4) is 0 Å². The molecule has 1 fully saturated rings. The zero-order valence-corrected chi connectivity index (χ0v) is 6.73. The van der Waals surface area contributed by atoms with E-state index >= 15 is 0 Å². The summed E-state index contributed by atoms with van der Waals surface area (Å²) in [5.41, 5.74) is 0. The predicted molar refractivity (Wildman–Crippen MR) is 39.8 cm³/mol. The fourth-order valence-electron chi connectivity index (χ4n) is 1.18. The van der Waals surface area contributed by atoms with Crippen molar-refractivity contribution in [1.29, 1.82) is 0 Å². The van der Waals surface area contributed by atoms with Crippen LogP contribution >= 0.6 is 0 Å². The van der Waals surface area contributed by atoms with Gasteiger partial charge in [0.2, 0.25) is 0 Å². The molecule has 0 atom stereocenters. The maximum Gasteiger partial charge on any atom is 0.329 e. The van der Waals surface area contributed by atoms with Gasteiger partial charge in [0.15, 0.2) is 0 Å². The van der Waals surface area contributed by atoms with Crippen LogP contribution in [0.3, 0.4) is 0 Å². The van der Waals surface area contributed by atoms with Gasteiger partial charge in [-0.1, -0.05) is 0 Å². The van der Waals surface area contributed by atoms with E-state index in [0.29, 0.717) is 13.1 Å². The Morgan fingerprint density at radius 2 is 2.08 bits per heavy atom. The Morgan fingerprint density at radius 1 is 1.38 bits per heavy atom. The maximum atomic E-state index is 11.2. The summed E-state index contributed by atoms with van der Waals surface area (Å²) in [6, 6.07) is 0. The number of carbonyl (C=O) groups excluding carboxylic acids is 2. The molecule has 1 N–H and O–H groups in total. The first-order chi connectivity index (χ1) is 6.29. The van der Waals surface area contributed by atoms with Crippen LogP contribution in [-0.4, -0.2) is 36.2 Å². The molecule has 2 amide bonds. The number of amides is 2. The quantitative estimate of drug-likeness (QED) is 0.517. The summed E-state index contributed by atoms with van der Waals surface area (Å²) < 4.78 is 9.87. The van der Waals surface area contributed by atoms with Gasteiger partial charge >= 0.3 is 18.2 Å². The Morgan fingerprint density at radius 3 is 2.77 bits per heavy atom. The van der Waals surface area contributed by atoms with Gasteiger partial charge in [0.1, 0.15) is 12.5 Å². The maximum absolute atomic E-state index is 11.2. The van der Waals surface area contributed by atoms with Crippen LogP contribution in [0.2, 0.25) is 0 Å². The van der Waals surface area contributed by atoms with E-state index in [1.54, 1.807) is 0 Å². The molecule has 0 aliphatic carbocycles. The molecule has 0 unspecified atom stereocenters. The molecule has 6 heteroatoms. The Balaban J connectivity index is 2.05. The molecular weight excluding hydrogens is 176 g/mol. The van der Waals surface area contributed by atoms with Crippen LogP contribution in [0.5, 0.6) is 0 Å². The number of nitrogens with zero attached hydrogens (tertiary/aromatic N) is 1. The van der Waals surface area contributed by atoms with Gasteiger partial charge in [-0.3, -0.25) is 14.5 Å². The van der Waals surface area contributed by atoms with E-state index in [-0.39, 0.29) is 0 Å². The molecule has 2 aliphatic rings. The topological polar surface area (TPSA) is 67.9 Å². The summed E-state index contributed by atoms with van der Waals surface area (Å²) in [6.45, 7) is 0.824. The Hall–Kier alpha value is -1.72. The largest absolute Gasteiger partial charge is 0.442 e. The minimum absolute atomic E-state index is 0.400. The molecule has 13 heavy (non-hydrogen) atoms. The average molecular weight is 184 g/mol. The predicted octanol–water partition coefficient (Wildman–Crippen LogP) is -1.25. The van der Waals surface area contributed by atoms with E-state index in [1.165, 1.54) is 17.4 Å². The number of nitrogens with one attached hydrogen (secondary N) is 1. The molecule has 0 aromatic carbocycles. The number of rotatable bonds is 1. The zero-order valence-electron chi connectivity index (χ0n) is 6.73. The molecule has 0 radical (unpaired) electrons. The van der Waals surface area contributed by atoms with Crippen molar-refractivity contribution in [2.45, 2.75) is 6.41 Å². The van der Waals surface area contributed by atoms with E-state index < -0.39 is 18.2 Å². The summed E-state index contributed by atoms with van der Waals surface area (Å²) in [6.07, 6.45) is 1.90. The van der Waals surface area contributed by atoms with Crippen molar-refractivity contribution in [3.05, 3.63) is 12.5 Å². The molecule has 2 rings (SSSR count). The molecular formula is C7H8N2O4. The fourth-order valence-corrected chi connectivity index (χ4v) is 1.18. The van der Waals surface area contributed by atoms with Crippen molar-refractivity contribution < 1.29 is 19.1 Å². The van der Waals surface area contributed by atoms with Gasteiger partial charge < -0.3 is 14.8 Å². The molecule has 70 valence electrons. The first-order valence-electron chi connectivity index (χ1n) is 3.84. The molecule has 1 saturated heterocycles. The Kier molecular flexibility index (Phi) is 1.80. The van der Waals surface area contributed by atoms with Crippen LogP contribution in [0.4, 0.5) is 0 Å². The second-order valence-corrected chi connectivity index (χ2v) is 2.61. The van der Waals surface area contributed by atoms with Crippen LogP contribution in [0.25, 0.3) is 0 Å². The van der Waals surface area contributed by atoms with Gasteiger partial charge in [0.05, 0.1) is 0 Å². The van der Waals surface area contributed by atoms with Gasteiger partial charge in [0, 0.05) is 13.1 Å². The van der Waals surface area contributed by atoms with Gasteiger partial charge in [-0.05, 0) is 0 Å². The number of hydrogen-bond donors (Lipinski definition) is 1. The van der Waals surface area contributed by atoms with Gasteiger partial charge in [0.25, 0.3) is 0 Å². The molecule has 2 heterocycles. The second-order valence-electron chi connectivity index (χ2n) is 2.61. The monoisotopic (exact) mass is 184 g/mol. The summed E-state index contributed by atoms with van der Waals surface area (Å²) in [5.74, 6) is -1.25. The minimum atomic E-state index is -0.779. The highest BCUT2D eigenvalue weighted by atomic mass is 16.7. The van der Waals surface area contributed by atoms with E-state index in [2.05, 4.69) is 5.32 Å². The van der Waals surface area contributed by atoms with E-state index in [4.69, 9.17) is 9.47 Å². The highest BCUT2D eigenvalue weighted by Crippen LogP contribution is 2.12. The number of ether oxygens (including phenoxy) is 2. The SMILES string of the molecule is O=C1NCCN(C2OC=CO2)C1=O. The van der Waals surface area contributed by atoms with Crippen molar-refractivity contribution in [1.82, 2.24) is 10.2 Å². The average Bonchev–Trinajstić information content (AvgIpc) is 2.62. The lowest BCUT2D eigenvalue weighted by atomic mass is 10.3. The summed E-state index contributed by atoms with van der Waals surface area (Å²) in [4.78, 5) is 23.4. The molecule has 0 aromatic rings. The lowest BCUT2D eigenvalue weighted by Crippen LogP contribution is -2.56. The Labute approximate surface area is 74.1 Å². The van der Waals surface area contributed by atoms with Crippen molar-refractivity contribution in [2.75, 3.05) is 13.1 Å². The Bertz CT molecular complexity index is 268. The lowest BCUT2D eigenvalue weighted by molar-refractivity contribution is -0.176. The molecule has 6 nitrogen and oxygen atoms in total. The summed E-state index contributed by atoms with van der Waals surface area (Å²) in [7, 11) is 0. The molecule has 0 bridgehead atoms. The van der Waals surface area contributed by atoms with E-state index in [0.717, 1.165) is 0 Å². The standard InChI is InChI=1S/C7H8N2O4/c10-5-6(11)9(2-1-8-5)7-12-3-4-13-7/h3-4,7H,1-2H2,(H,8,10). The third kappa shape index (κ3) is 1.30. The van der Waals surface area contributed by atoms with Gasteiger partial charge in [-0.15, -0.1) is 0 Å². The highest BCUT2D eigenvalue weighted by Gasteiger charge is 2.34. The van der Waals surface area contributed by atoms with Crippen molar-refractivity contribution in [2.24, 2.45) is 0 Å². The highest BCUT2D eigenvalue weighted by molar-refractivity contribution is 6.35. The number of hydrogen-bond acceptors (Lipinski definition) is 4. The van der Waals surface area contributed by atoms with Crippen LogP contribution in [-0.2, 0) is 19.1 Å². The lowest BCUT2D eigenvalue weighted by Gasteiger charge is -2.29. The molecule has 0 aromatic heterocycles. The van der Waals surface area contributed by atoms with E-state index in [1.807, 2.05) is 0 Å². The van der Waals surface area contributed by atoms with Crippen molar-refractivity contribution >= 4 is 11.8 Å². The third-order valence-corrected chi connectivity index (χ3v) is 1.79. The van der Waals surface area contributed by atoms with Crippen molar-refractivity contribution in [3.63, 3.8) is 0 Å². The van der Waals surface area contributed by atoms with Crippen LogP contribution in [0.15, 0.2) is 12.5 Å². The molecule has 2 aliphatic heterocycles. The minimum Gasteiger partial charge on any atom is -0.442 e.